The van der Waals surface area contributed by atoms with E-state index < -0.39 is 0 Å². The molecule has 0 aliphatic carbocycles. The summed E-state index contributed by atoms with van der Waals surface area (Å²) in [5, 5.41) is 0. The van der Waals surface area contributed by atoms with Crippen LogP contribution < -0.4 is 0 Å². The zero-order valence-electron chi connectivity index (χ0n) is 21.3. The van der Waals surface area contributed by atoms with E-state index in [0.29, 0.717) is 0 Å². The summed E-state index contributed by atoms with van der Waals surface area (Å²) >= 11 is 0. The van der Waals surface area contributed by atoms with Gasteiger partial charge in [0.05, 0.1) is 0 Å². The molecule has 175 valence electrons. The van der Waals surface area contributed by atoms with Crippen molar-refractivity contribution < 1.29 is 0 Å². The maximum absolute atomic E-state index is 2.87. The molecular weight excluding hydrogens is 348 g/mol. The summed E-state index contributed by atoms with van der Waals surface area (Å²) in [7, 11) is 0. The third kappa shape index (κ3) is 21.0. The molecule has 0 rings (SSSR count). The first-order valence-electron chi connectivity index (χ1n) is 14.1. The highest BCUT2D eigenvalue weighted by atomic mass is 14.2. The maximum Gasteiger partial charge on any atom is -0.0324 e. The van der Waals surface area contributed by atoms with Crippen molar-refractivity contribution in [2.75, 3.05) is 0 Å². The van der Waals surface area contributed by atoms with Gasteiger partial charge in [0.1, 0.15) is 0 Å². The SMILES string of the molecule is CCCCCCCC([CH]C(CCCCCCC)CCCCCCC)CCCCC. The third-order valence-electron chi connectivity index (χ3n) is 6.76. The maximum atomic E-state index is 2.87. The Bertz CT molecular complexity index is 268. The monoisotopic (exact) mass is 407 g/mol. The summed E-state index contributed by atoms with van der Waals surface area (Å²) in [6, 6.07) is 0. The van der Waals surface area contributed by atoms with Gasteiger partial charge in [0, 0.05) is 0 Å². The summed E-state index contributed by atoms with van der Waals surface area (Å²) in [4.78, 5) is 0. The lowest BCUT2D eigenvalue weighted by Gasteiger charge is -2.24. The Morgan fingerprint density at radius 3 is 0.897 bits per heavy atom. The van der Waals surface area contributed by atoms with Gasteiger partial charge < -0.3 is 0 Å². The second-order valence-corrected chi connectivity index (χ2v) is 9.82. The Morgan fingerprint density at radius 1 is 0.345 bits per heavy atom. The summed E-state index contributed by atoms with van der Waals surface area (Å²) in [6.45, 7) is 9.33. The normalized spacial score (nSPS) is 12.7. The predicted molar refractivity (Wildman–Crippen MR) is 136 cm³/mol. The van der Waals surface area contributed by atoms with Crippen molar-refractivity contribution in [3.63, 3.8) is 0 Å². The Morgan fingerprint density at radius 2 is 0.586 bits per heavy atom. The van der Waals surface area contributed by atoms with E-state index in [1.54, 1.807) is 0 Å². The minimum Gasteiger partial charge on any atom is -0.0654 e. The first-order valence-corrected chi connectivity index (χ1v) is 14.1. The molecule has 0 heteroatoms. The first kappa shape index (κ1) is 29.0. The van der Waals surface area contributed by atoms with Crippen LogP contribution in [0.1, 0.15) is 169 Å². The lowest BCUT2D eigenvalue weighted by atomic mass is 9.82. The van der Waals surface area contributed by atoms with Gasteiger partial charge >= 0.3 is 0 Å². The quantitative estimate of drug-likeness (QED) is 0.139. The highest BCUT2D eigenvalue weighted by Gasteiger charge is 2.17. The second kappa shape index (κ2) is 24.3. The fourth-order valence-corrected chi connectivity index (χ4v) is 4.75. The van der Waals surface area contributed by atoms with Crippen LogP contribution in [-0.2, 0) is 0 Å². The average molecular weight is 408 g/mol. The van der Waals surface area contributed by atoms with Crippen molar-refractivity contribution in [2.24, 2.45) is 11.8 Å². The molecule has 0 aliphatic heterocycles. The van der Waals surface area contributed by atoms with Gasteiger partial charge in [-0.1, -0.05) is 169 Å². The van der Waals surface area contributed by atoms with Crippen molar-refractivity contribution in [1.82, 2.24) is 0 Å². The second-order valence-electron chi connectivity index (χ2n) is 9.82. The van der Waals surface area contributed by atoms with Gasteiger partial charge in [0.15, 0.2) is 0 Å². The van der Waals surface area contributed by atoms with Crippen LogP contribution in [0, 0.1) is 18.3 Å². The highest BCUT2D eigenvalue weighted by molar-refractivity contribution is 4.84. The van der Waals surface area contributed by atoms with Crippen LogP contribution in [0.3, 0.4) is 0 Å². The minimum atomic E-state index is 0.902. The largest absolute Gasteiger partial charge is 0.0654 e. The Kier molecular flexibility index (Phi) is 24.3. The van der Waals surface area contributed by atoms with Gasteiger partial charge in [0.2, 0.25) is 0 Å². The molecule has 1 atom stereocenters. The summed E-state index contributed by atoms with van der Waals surface area (Å²) in [5.41, 5.74) is 0. The smallest absolute Gasteiger partial charge is 0.0324 e. The Balaban J connectivity index is 4.43. The van der Waals surface area contributed by atoms with Gasteiger partial charge in [-0.2, -0.15) is 0 Å². The number of hydrogen-bond donors (Lipinski definition) is 0. The van der Waals surface area contributed by atoms with Gasteiger partial charge in [-0.3, -0.25) is 0 Å². The Labute approximate surface area is 187 Å². The van der Waals surface area contributed by atoms with E-state index in [4.69, 9.17) is 0 Å². The summed E-state index contributed by atoms with van der Waals surface area (Å²) in [5.74, 6) is 1.81. The van der Waals surface area contributed by atoms with E-state index in [-0.39, 0.29) is 0 Å². The zero-order valence-corrected chi connectivity index (χ0v) is 21.3. The molecule has 0 nitrogen and oxygen atoms in total. The van der Waals surface area contributed by atoms with Crippen LogP contribution in [0.4, 0.5) is 0 Å². The van der Waals surface area contributed by atoms with E-state index in [0.717, 1.165) is 11.8 Å². The summed E-state index contributed by atoms with van der Waals surface area (Å²) in [6.07, 6.45) is 34.5. The fourth-order valence-electron chi connectivity index (χ4n) is 4.75. The molecule has 0 fully saturated rings. The lowest BCUT2D eigenvalue weighted by Crippen LogP contribution is -2.11. The molecule has 0 N–H and O–H groups in total. The van der Waals surface area contributed by atoms with Crippen molar-refractivity contribution in [2.45, 2.75) is 169 Å². The molecule has 0 bridgehead atoms. The van der Waals surface area contributed by atoms with E-state index >= 15 is 0 Å². The molecule has 0 spiro atoms. The number of hydrogen-bond acceptors (Lipinski definition) is 0. The molecule has 0 saturated carbocycles. The number of rotatable bonds is 24. The van der Waals surface area contributed by atoms with E-state index in [9.17, 15) is 0 Å². The third-order valence-corrected chi connectivity index (χ3v) is 6.76. The van der Waals surface area contributed by atoms with E-state index in [1.165, 1.54) is 141 Å². The molecule has 0 aromatic carbocycles. The van der Waals surface area contributed by atoms with Gasteiger partial charge in [-0.05, 0) is 18.3 Å². The number of unbranched alkanes of at least 4 members (excludes halogenated alkanes) is 14. The zero-order chi connectivity index (χ0) is 21.4. The molecule has 0 heterocycles. The van der Waals surface area contributed by atoms with Gasteiger partial charge in [-0.15, -0.1) is 0 Å². The average Bonchev–Trinajstić information content (AvgIpc) is 2.72. The molecule has 0 aromatic heterocycles. The summed E-state index contributed by atoms with van der Waals surface area (Å²) < 4.78 is 0. The Hall–Kier alpha value is 0. The fraction of sp³-hybridized carbons (Fsp3) is 0.966. The van der Waals surface area contributed by atoms with Crippen LogP contribution in [0.5, 0.6) is 0 Å². The standard InChI is InChI=1S/C29H59/c1-5-9-13-16-20-24-28(23-19-12-8-4)27-29(25-21-17-14-10-6-2)26-22-18-15-11-7-3/h27-29H,5-26H2,1-4H3. The molecule has 0 aromatic rings. The van der Waals surface area contributed by atoms with Crippen LogP contribution in [-0.4, -0.2) is 0 Å². The van der Waals surface area contributed by atoms with Gasteiger partial charge in [0.25, 0.3) is 0 Å². The first-order chi connectivity index (χ1) is 14.3. The van der Waals surface area contributed by atoms with Crippen LogP contribution in [0.2, 0.25) is 0 Å². The van der Waals surface area contributed by atoms with Crippen LogP contribution in [0.25, 0.3) is 0 Å². The molecule has 1 radical (unpaired) electrons. The molecule has 29 heavy (non-hydrogen) atoms. The van der Waals surface area contributed by atoms with E-state index in [2.05, 4.69) is 34.1 Å². The van der Waals surface area contributed by atoms with Crippen molar-refractivity contribution >= 4 is 0 Å². The van der Waals surface area contributed by atoms with Gasteiger partial charge in [-0.25, -0.2) is 0 Å². The molecule has 0 amide bonds. The lowest BCUT2D eigenvalue weighted by molar-refractivity contribution is 0.366. The molecule has 0 saturated heterocycles. The van der Waals surface area contributed by atoms with Crippen molar-refractivity contribution in [3.05, 3.63) is 6.42 Å². The van der Waals surface area contributed by atoms with Crippen LogP contribution in [0.15, 0.2) is 0 Å². The predicted octanol–water partition coefficient (Wildman–Crippen LogP) is 11.1. The van der Waals surface area contributed by atoms with Crippen molar-refractivity contribution in [3.8, 4) is 0 Å². The minimum absolute atomic E-state index is 0.902. The molecule has 1 unspecified atom stereocenters. The van der Waals surface area contributed by atoms with Crippen molar-refractivity contribution in [1.29, 1.82) is 0 Å². The topological polar surface area (TPSA) is 0 Å². The molecule has 0 aliphatic rings. The molecular formula is C29H59. The van der Waals surface area contributed by atoms with Crippen LogP contribution >= 0.6 is 0 Å². The van der Waals surface area contributed by atoms with E-state index in [1.807, 2.05) is 0 Å². The highest BCUT2D eigenvalue weighted by Crippen LogP contribution is 2.30.